The van der Waals surface area contributed by atoms with Gasteiger partial charge >= 0.3 is 5.96 Å². The van der Waals surface area contributed by atoms with Gasteiger partial charge in [-0.25, -0.2) is 0 Å². The summed E-state index contributed by atoms with van der Waals surface area (Å²) in [5.74, 6) is -0.0833. The van der Waals surface area contributed by atoms with Gasteiger partial charge in [-0.3, -0.25) is 16.9 Å². The fourth-order valence-electron chi connectivity index (χ4n) is 0. The minimum atomic E-state index is -0.0833. The SMILES string of the molecule is NC(N)=[NH2+].[B-]. The summed E-state index contributed by atoms with van der Waals surface area (Å²) in [7, 11) is 0. The Kier molecular flexibility index (Phi) is 5.90. The van der Waals surface area contributed by atoms with Crippen LogP contribution in [0.5, 0.6) is 0 Å². The maximum atomic E-state index is 4.58. The first-order valence-corrected chi connectivity index (χ1v) is 0.866. The van der Waals surface area contributed by atoms with Gasteiger partial charge < -0.3 is 8.41 Å². The van der Waals surface area contributed by atoms with Crippen LogP contribution in [-0.2, 0) is 0 Å². The zero-order chi connectivity index (χ0) is 3.58. The highest BCUT2D eigenvalue weighted by Gasteiger charge is 1.64. The molecule has 0 amide bonds. The van der Waals surface area contributed by atoms with Crippen LogP contribution in [0.25, 0.3) is 0 Å². The summed E-state index contributed by atoms with van der Waals surface area (Å²) in [4.78, 5) is 0. The molecule has 0 aromatic carbocycles. The first kappa shape index (κ1) is 8.84. The molecule has 0 saturated heterocycles. The minimum absolute atomic E-state index is 0. The van der Waals surface area contributed by atoms with Crippen LogP contribution in [-0.4, -0.2) is 14.4 Å². The highest BCUT2D eigenvalue weighted by atomic mass is 14.9. The molecular weight excluding hydrogens is 64.8 g/mol. The Morgan fingerprint density at radius 1 is 1.40 bits per heavy atom. The van der Waals surface area contributed by atoms with Gasteiger partial charge in [0.1, 0.15) is 0 Å². The second-order valence-corrected chi connectivity index (χ2v) is 0.500. The standard InChI is InChI=1S/CH5N3.B/c2-1(3)4;/h(H5,2,3,4);/q;-1/p+1. The van der Waals surface area contributed by atoms with Crippen molar-refractivity contribution in [2.75, 3.05) is 0 Å². The first-order chi connectivity index (χ1) is 1.73. The molecule has 0 aliphatic heterocycles. The molecule has 0 aromatic rings. The predicted octanol–water partition coefficient (Wildman–Crippen LogP) is -3.36. The zero-order valence-corrected chi connectivity index (χ0v) is 2.81. The molecule has 0 heterocycles. The first-order valence-electron chi connectivity index (χ1n) is 0.866. The summed E-state index contributed by atoms with van der Waals surface area (Å²) in [5, 5.41) is 4.58. The molecule has 4 heteroatoms. The minimum Gasteiger partial charge on any atom is -1.00 e. The van der Waals surface area contributed by atoms with E-state index in [2.05, 4.69) is 16.9 Å². The molecule has 4 radical (unpaired) electrons. The molecule has 28 valence electrons. The Bertz CT molecular complexity index is 29.9. The molecule has 0 aliphatic rings. The van der Waals surface area contributed by atoms with Gasteiger partial charge in [-0.15, -0.1) is 0 Å². The number of nitrogens with two attached hydrogens (primary N) is 3. The van der Waals surface area contributed by atoms with Gasteiger partial charge in [0.25, 0.3) is 0 Å². The molecule has 3 nitrogen and oxygen atoms in total. The van der Waals surface area contributed by atoms with Crippen LogP contribution < -0.4 is 16.9 Å². The van der Waals surface area contributed by atoms with E-state index >= 15 is 0 Å². The number of guanidine groups is 1. The third-order valence-corrected chi connectivity index (χ3v) is 0. The van der Waals surface area contributed by atoms with Gasteiger partial charge in [-0.2, -0.15) is 0 Å². The van der Waals surface area contributed by atoms with Gasteiger partial charge in [-0.05, 0) is 0 Å². The summed E-state index contributed by atoms with van der Waals surface area (Å²) in [5.41, 5.74) is 9.17. The van der Waals surface area contributed by atoms with E-state index in [1.165, 1.54) is 0 Å². The average molecular weight is 70.9 g/mol. The average Bonchev–Trinajstić information content (AvgIpc) is 0.811. The third-order valence-electron chi connectivity index (χ3n) is 0. The van der Waals surface area contributed by atoms with E-state index in [1.807, 2.05) is 0 Å². The Morgan fingerprint density at radius 3 is 1.40 bits per heavy atom. The van der Waals surface area contributed by atoms with Crippen molar-refractivity contribution in [3.05, 3.63) is 0 Å². The second kappa shape index (κ2) is 3.33. The van der Waals surface area contributed by atoms with Crippen molar-refractivity contribution in [2.45, 2.75) is 0 Å². The van der Waals surface area contributed by atoms with Crippen LogP contribution in [0.15, 0.2) is 0 Å². The van der Waals surface area contributed by atoms with E-state index < -0.39 is 0 Å². The zero-order valence-electron chi connectivity index (χ0n) is 2.81. The fraction of sp³-hybridized carbons (Fsp3) is 0. The smallest absolute Gasteiger partial charge is 0.336 e. The monoisotopic (exact) mass is 71.1 g/mol. The Balaban J connectivity index is 0. The van der Waals surface area contributed by atoms with E-state index in [1.54, 1.807) is 0 Å². The summed E-state index contributed by atoms with van der Waals surface area (Å²) in [6.45, 7) is 0. The van der Waals surface area contributed by atoms with Gasteiger partial charge in [0.05, 0.1) is 0 Å². The Labute approximate surface area is 32.4 Å². The summed E-state index contributed by atoms with van der Waals surface area (Å²) in [6, 6.07) is 0. The van der Waals surface area contributed by atoms with Gasteiger partial charge in [0, 0.05) is 0 Å². The third kappa shape index (κ3) is 13.4. The summed E-state index contributed by atoms with van der Waals surface area (Å²) < 4.78 is 0. The van der Waals surface area contributed by atoms with Crippen LogP contribution in [0.1, 0.15) is 0 Å². The molecule has 0 unspecified atom stereocenters. The maximum absolute atomic E-state index is 4.58. The lowest BCUT2D eigenvalue weighted by atomic mass is 10.8. The Morgan fingerprint density at radius 2 is 1.40 bits per heavy atom. The summed E-state index contributed by atoms with van der Waals surface area (Å²) >= 11 is 0. The molecule has 0 fully saturated rings. The van der Waals surface area contributed by atoms with Crippen molar-refractivity contribution in [3.8, 4) is 0 Å². The molecule has 0 saturated carbocycles. The quantitative estimate of drug-likeness (QED) is 0.158. The van der Waals surface area contributed by atoms with Crippen molar-refractivity contribution in [2.24, 2.45) is 11.5 Å². The highest BCUT2D eigenvalue weighted by Crippen LogP contribution is 0.925. The lowest BCUT2D eigenvalue weighted by Gasteiger charge is -1.59. The topological polar surface area (TPSA) is 77.6 Å². The molecule has 0 spiro atoms. The lowest BCUT2D eigenvalue weighted by molar-refractivity contribution is -0.116. The van der Waals surface area contributed by atoms with Crippen LogP contribution in [0, 0.1) is 0 Å². The van der Waals surface area contributed by atoms with Crippen molar-refractivity contribution in [1.82, 2.24) is 0 Å². The maximum Gasteiger partial charge on any atom is 0.336 e. The molecule has 0 aromatic heterocycles. The van der Waals surface area contributed by atoms with Crippen LogP contribution in [0.4, 0.5) is 0 Å². The van der Waals surface area contributed by atoms with E-state index in [0.717, 1.165) is 0 Å². The van der Waals surface area contributed by atoms with Crippen LogP contribution in [0.3, 0.4) is 0 Å². The molecular formula is CH6BN3. The molecule has 0 atom stereocenters. The highest BCUT2D eigenvalue weighted by molar-refractivity contribution is 5.75. The number of hydrogen-bond donors (Lipinski definition) is 3. The van der Waals surface area contributed by atoms with Crippen molar-refractivity contribution in [3.63, 3.8) is 0 Å². The largest absolute Gasteiger partial charge is 1.00 e. The summed E-state index contributed by atoms with van der Waals surface area (Å²) in [6.07, 6.45) is 0. The lowest BCUT2D eigenvalue weighted by Crippen LogP contribution is -2.51. The molecule has 6 N–H and O–H groups in total. The predicted molar refractivity (Wildman–Crippen MR) is 21.1 cm³/mol. The number of hydrogen-bond acceptors (Lipinski definition) is 0. The van der Waals surface area contributed by atoms with E-state index in [-0.39, 0.29) is 14.4 Å². The van der Waals surface area contributed by atoms with E-state index in [9.17, 15) is 0 Å². The molecule has 0 rings (SSSR count). The molecule has 5 heavy (non-hydrogen) atoms. The Hall–Kier alpha value is -0.665. The number of rotatable bonds is 0. The van der Waals surface area contributed by atoms with Crippen molar-refractivity contribution >= 4 is 14.4 Å². The molecule has 0 bridgehead atoms. The fourth-order valence-corrected chi connectivity index (χ4v) is 0. The molecule has 0 aliphatic carbocycles. The van der Waals surface area contributed by atoms with Crippen molar-refractivity contribution < 1.29 is 5.41 Å². The van der Waals surface area contributed by atoms with Crippen LogP contribution in [0.2, 0.25) is 0 Å². The van der Waals surface area contributed by atoms with Gasteiger partial charge in [-0.1, -0.05) is 0 Å². The van der Waals surface area contributed by atoms with E-state index in [4.69, 9.17) is 0 Å². The second-order valence-electron chi connectivity index (χ2n) is 0.500. The van der Waals surface area contributed by atoms with Crippen LogP contribution >= 0.6 is 0 Å². The van der Waals surface area contributed by atoms with E-state index in [0.29, 0.717) is 0 Å². The van der Waals surface area contributed by atoms with Gasteiger partial charge in [0.2, 0.25) is 0 Å². The normalized spacial score (nSPS) is 4.80. The van der Waals surface area contributed by atoms with Crippen molar-refractivity contribution in [1.29, 1.82) is 0 Å². The van der Waals surface area contributed by atoms with Gasteiger partial charge in [0.15, 0.2) is 0 Å².